The number of rotatable bonds is 5. The van der Waals surface area contributed by atoms with Crippen LogP contribution in [0, 0.1) is 0 Å². The van der Waals surface area contributed by atoms with E-state index in [1.54, 1.807) is 25.2 Å². The summed E-state index contributed by atoms with van der Waals surface area (Å²) in [7, 11) is 3.17. The van der Waals surface area contributed by atoms with E-state index in [1.807, 2.05) is 30.3 Å². The molecule has 0 N–H and O–H groups in total. The number of anilines is 2. The average Bonchev–Trinajstić information content (AvgIpc) is 2.59. The highest BCUT2D eigenvalue weighted by Crippen LogP contribution is 2.31. The molecule has 0 unspecified atom stereocenters. The van der Waals surface area contributed by atoms with Gasteiger partial charge in [-0.3, -0.25) is 14.5 Å². The maximum absolute atomic E-state index is 12.6. The molecule has 2 rings (SSSR count). The first-order valence-electron chi connectivity index (χ1n) is 7.37. The van der Waals surface area contributed by atoms with Gasteiger partial charge < -0.3 is 9.64 Å². The van der Waals surface area contributed by atoms with E-state index >= 15 is 0 Å². The first-order chi connectivity index (χ1) is 11.4. The fourth-order valence-electron chi connectivity index (χ4n) is 2.28. The largest absolute Gasteiger partial charge is 0.495 e. The van der Waals surface area contributed by atoms with Crippen LogP contribution in [0.3, 0.4) is 0 Å². The van der Waals surface area contributed by atoms with E-state index in [4.69, 9.17) is 16.3 Å². The second-order valence-corrected chi connectivity index (χ2v) is 5.65. The Morgan fingerprint density at radius 2 is 1.79 bits per heavy atom. The molecule has 0 saturated carbocycles. The molecule has 24 heavy (non-hydrogen) atoms. The van der Waals surface area contributed by atoms with Crippen molar-refractivity contribution in [1.82, 2.24) is 0 Å². The average molecular weight is 347 g/mol. The number of hydrogen-bond acceptors (Lipinski definition) is 3. The second kappa shape index (κ2) is 7.84. The summed E-state index contributed by atoms with van der Waals surface area (Å²) < 4.78 is 5.28. The Hall–Kier alpha value is -2.53. The Kier molecular flexibility index (Phi) is 5.82. The molecule has 2 aromatic carbocycles. The van der Waals surface area contributed by atoms with Gasteiger partial charge >= 0.3 is 0 Å². The summed E-state index contributed by atoms with van der Waals surface area (Å²) in [5.74, 6) is -0.0198. The minimum atomic E-state index is -0.273. The lowest BCUT2D eigenvalue weighted by molar-refractivity contribution is -0.121. The number of para-hydroxylation sites is 1. The molecule has 0 fully saturated rings. The van der Waals surface area contributed by atoms with Crippen LogP contribution < -0.4 is 14.5 Å². The molecule has 2 amide bonds. The smallest absolute Gasteiger partial charge is 0.246 e. The summed E-state index contributed by atoms with van der Waals surface area (Å²) in [6.45, 7) is 1.29. The SMILES string of the molecule is COc1ccc(Cl)cc1N(CC(=O)N(C)c1ccccc1)C(C)=O. The van der Waals surface area contributed by atoms with Gasteiger partial charge in [0.25, 0.3) is 0 Å². The van der Waals surface area contributed by atoms with Crippen molar-refractivity contribution in [2.75, 3.05) is 30.5 Å². The number of carbonyl (C=O) groups is 2. The van der Waals surface area contributed by atoms with Crippen molar-refractivity contribution in [3.8, 4) is 5.75 Å². The number of nitrogens with zero attached hydrogens (tertiary/aromatic N) is 2. The quantitative estimate of drug-likeness (QED) is 0.834. The lowest BCUT2D eigenvalue weighted by Crippen LogP contribution is -2.41. The molecule has 0 aliphatic carbocycles. The molecule has 0 aliphatic rings. The number of carbonyl (C=O) groups excluding carboxylic acids is 2. The van der Waals surface area contributed by atoms with Gasteiger partial charge in [0.15, 0.2) is 0 Å². The Morgan fingerprint density at radius 3 is 2.38 bits per heavy atom. The molecule has 0 bridgehead atoms. The monoisotopic (exact) mass is 346 g/mol. The van der Waals surface area contributed by atoms with E-state index in [0.717, 1.165) is 5.69 Å². The lowest BCUT2D eigenvalue weighted by atomic mass is 10.2. The van der Waals surface area contributed by atoms with E-state index in [9.17, 15) is 9.59 Å². The van der Waals surface area contributed by atoms with Crippen LogP contribution in [-0.2, 0) is 9.59 Å². The van der Waals surface area contributed by atoms with Gasteiger partial charge in [-0.1, -0.05) is 29.8 Å². The highest BCUT2D eigenvalue weighted by molar-refractivity contribution is 6.31. The van der Waals surface area contributed by atoms with E-state index < -0.39 is 0 Å². The molecule has 0 spiro atoms. The zero-order chi connectivity index (χ0) is 17.7. The van der Waals surface area contributed by atoms with Gasteiger partial charge in [0, 0.05) is 24.7 Å². The van der Waals surface area contributed by atoms with Gasteiger partial charge in [-0.25, -0.2) is 0 Å². The number of benzene rings is 2. The number of amides is 2. The van der Waals surface area contributed by atoms with Crippen molar-refractivity contribution in [2.24, 2.45) is 0 Å². The molecule has 126 valence electrons. The van der Waals surface area contributed by atoms with Crippen molar-refractivity contribution in [3.05, 3.63) is 53.6 Å². The third-order valence-electron chi connectivity index (χ3n) is 3.62. The van der Waals surface area contributed by atoms with Crippen LogP contribution in [0.1, 0.15) is 6.92 Å². The van der Waals surface area contributed by atoms with E-state index in [0.29, 0.717) is 16.5 Å². The standard InChI is InChI=1S/C18H19ClN2O3/c1-13(22)21(16-11-14(19)9-10-17(16)24-3)12-18(23)20(2)15-7-5-4-6-8-15/h4-11H,12H2,1-3H3. The van der Waals surface area contributed by atoms with E-state index in [-0.39, 0.29) is 18.4 Å². The van der Waals surface area contributed by atoms with Gasteiger partial charge in [0.05, 0.1) is 12.8 Å². The molecular formula is C18H19ClN2O3. The molecule has 0 aliphatic heterocycles. The zero-order valence-electron chi connectivity index (χ0n) is 13.8. The molecule has 0 aromatic heterocycles. The number of halogens is 1. The Morgan fingerprint density at radius 1 is 1.12 bits per heavy atom. The predicted octanol–water partition coefficient (Wildman–Crippen LogP) is 3.36. The Balaban J connectivity index is 2.28. The highest BCUT2D eigenvalue weighted by Gasteiger charge is 2.22. The maximum atomic E-state index is 12.6. The van der Waals surface area contributed by atoms with Crippen LogP contribution in [0.25, 0.3) is 0 Å². The van der Waals surface area contributed by atoms with E-state index in [2.05, 4.69) is 0 Å². The summed E-state index contributed by atoms with van der Waals surface area (Å²) in [6, 6.07) is 14.2. The molecule has 0 heterocycles. The topological polar surface area (TPSA) is 49.9 Å². The molecule has 0 radical (unpaired) electrons. The maximum Gasteiger partial charge on any atom is 0.246 e. The fraction of sp³-hybridized carbons (Fsp3) is 0.222. The zero-order valence-corrected chi connectivity index (χ0v) is 14.6. The number of methoxy groups -OCH3 is 1. The normalized spacial score (nSPS) is 10.2. The van der Waals surface area contributed by atoms with Crippen LogP contribution in [0.4, 0.5) is 11.4 Å². The molecular weight excluding hydrogens is 328 g/mol. The van der Waals surface area contributed by atoms with Gasteiger partial charge in [-0.15, -0.1) is 0 Å². The molecule has 2 aromatic rings. The lowest BCUT2D eigenvalue weighted by Gasteiger charge is -2.26. The van der Waals surface area contributed by atoms with Crippen LogP contribution in [0.2, 0.25) is 5.02 Å². The van der Waals surface area contributed by atoms with Crippen LogP contribution >= 0.6 is 11.6 Å². The van der Waals surface area contributed by atoms with Gasteiger partial charge in [0.2, 0.25) is 11.8 Å². The van der Waals surface area contributed by atoms with Crippen LogP contribution in [0.15, 0.2) is 48.5 Å². The van der Waals surface area contributed by atoms with Crippen LogP contribution in [-0.4, -0.2) is 32.5 Å². The van der Waals surface area contributed by atoms with Crippen LogP contribution in [0.5, 0.6) is 5.75 Å². The molecule has 5 nitrogen and oxygen atoms in total. The van der Waals surface area contributed by atoms with Crippen molar-refractivity contribution in [3.63, 3.8) is 0 Å². The number of ether oxygens (including phenoxy) is 1. The van der Waals surface area contributed by atoms with Crippen molar-refractivity contribution < 1.29 is 14.3 Å². The van der Waals surface area contributed by atoms with Gasteiger partial charge in [-0.05, 0) is 30.3 Å². The van der Waals surface area contributed by atoms with Gasteiger partial charge in [-0.2, -0.15) is 0 Å². The Labute approximate surface area is 146 Å². The summed E-state index contributed by atoms with van der Waals surface area (Å²) in [5.41, 5.74) is 1.22. The summed E-state index contributed by atoms with van der Waals surface area (Å²) >= 11 is 6.03. The minimum Gasteiger partial charge on any atom is -0.495 e. The molecule has 0 saturated heterocycles. The number of hydrogen-bond donors (Lipinski definition) is 0. The molecule has 6 heteroatoms. The summed E-state index contributed by atoms with van der Waals surface area (Å²) in [4.78, 5) is 27.5. The summed E-state index contributed by atoms with van der Waals surface area (Å²) in [6.07, 6.45) is 0. The Bertz CT molecular complexity index is 734. The first kappa shape index (κ1) is 17.8. The predicted molar refractivity (Wildman–Crippen MR) is 95.9 cm³/mol. The summed E-state index contributed by atoms with van der Waals surface area (Å²) in [5, 5.41) is 0.459. The third kappa shape index (κ3) is 4.06. The molecule has 0 atom stereocenters. The minimum absolute atomic E-state index is 0.114. The first-order valence-corrected chi connectivity index (χ1v) is 7.75. The van der Waals surface area contributed by atoms with Crippen molar-refractivity contribution >= 4 is 34.8 Å². The highest BCUT2D eigenvalue weighted by atomic mass is 35.5. The van der Waals surface area contributed by atoms with Crippen molar-refractivity contribution in [1.29, 1.82) is 0 Å². The van der Waals surface area contributed by atoms with E-state index in [1.165, 1.54) is 23.8 Å². The third-order valence-corrected chi connectivity index (χ3v) is 3.86. The van der Waals surface area contributed by atoms with Gasteiger partial charge in [0.1, 0.15) is 12.3 Å². The fourth-order valence-corrected chi connectivity index (χ4v) is 2.44. The second-order valence-electron chi connectivity index (χ2n) is 5.21. The van der Waals surface area contributed by atoms with Crippen molar-refractivity contribution in [2.45, 2.75) is 6.92 Å². The number of likely N-dealkylation sites (N-methyl/N-ethyl adjacent to an activating group) is 1.